The molecule has 0 radical (unpaired) electrons. The molecule has 6 rings (SSSR count). The van der Waals surface area contributed by atoms with Crippen LogP contribution in [-0.4, -0.2) is 196 Å². The molecule has 2 aromatic heterocycles. The molecule has 6 aromatic rings. The Morgan fingerprint density at radius 3 is 0.991 bits per heavy atom. The lowest BCUT2D eigenvalue weighted by Gasteiger charge is -2.29. The largest absolute Gasteiger partial charge is 0.480 e. The highest BCUT2D eigenvalue weighted by molar-refractivity contribution is 6.00. The van der Waals surface area contributed by atoms with Gasteiger partial charge < -0.3 is 112 Å². The number of aromatic nitrogens is 2. The van der Waals surface area contributed by atoms with Gasteiger partial charge in [-0.05, 0) is 105 Å². The van der Waals surface area contributed by atoms with Crippen LogP contribution in [-0.2, 0) is 78.4 Å². The van der Waals surface area contributed by atoms with Gasteiger partial charge in [-0.1, -0.05) is 125 Å². The molecule has 2 heterocycles. The van der Waals surface area contributed by atoms with Crippen molar-refractivity contribution < 1.29 is 63.0 Å². The molecule has 600 valence electrons. The summed E-state index contributed by atoms with van der Waals surface area (Å²) < 4.78 is 0. The minimum Gasteiger partial charge on any atom is -0.480 e. The van der Waals surface area contributed by atoms with Gasteiger partial charge in [0.1, 0.15) is 60.4 Å². The number of aliphatic hydroxyl groups excluding tert-OH is 1. The summed E-state index contributed by atoms with van der Waals surface area (Å²) in [5.41, 5.74) is 26.4. The van der Waals surface area contributed by atoms with Crippen LogP contribution < -0.4 is 92.1 Å². The first-order chi connectivity index (χ1) is 52.9. The zero-order chi connectivity index (χ0) is 81.3. The van der Waals surface area contributed by atoms with Crippen LogP contribution in [0.1, 0.15) is 108 Å². The molecule has 11 atom stereocenters. The molecule has 35 heteroatoms. The molecule has 0 bridgehead atoms. The molecule has 4 aromatic carbocycles. The van der Waals surface area contributed by atoms with Crippen molar-refractivity contribution in [3.8, 4) is 0 Å². The smallest absolute Gasteiger partial charge is 0.326 e. The highest BCUT2D eigenvalue weighted by atomic mass is 16.4. The van der Waals surface area contributed by atoms with E-state index in [1.807, 2.05) is 24.3 Å². The summed E-state index contributed by atoms with van der Waals surface area (Å²) in [4.78, 5) is 164. The average Bonchev–Trinajstić information content (AvgIpc) is 1.78. The van der Waals surface area contributed by atoms with Crippen LogP contribution in [0.15, 0.2) is 122 Å². The highest BCUT2D eigenvalue weighted by Crippen LogP contribution is 2.22. The van der Waals surface area contributed by atoms with Gasteiger partial charge in [0.25, 0.3) is 0 Å². The lowest BCUT2D eigenvalue weighted by atomic mass is 10.00. The van der Waals surface area contributed by atoms with Gasteiger partial charge in [0.05, 0.1) is 12.6 Å². The van der Waals surface area contributed by atoms with E-state index in [0.29, 0.717) is 33.2 Å². The first-order valence-electron chi connectivity index (χ1n) is 36.9. The van der Waals surface area contributed by atoms with Crippen molar-refractivity contribution in [2.45, 2.75) is 178 Å². The number of aliphatic hydroxyl groups is 1. The van der Waals surface area contributed by atoms with E-state index in [0.717, 1.165) is 10.9 Å². The van der Waals surface area contributed by atoms with E-state index < -0.39 is 138 Å². The highest BCUT2D eigenvalue weighted by Gasteiger charge is 2.37. The van der Waals surface area contributed by atoms with Gasteiger partial charge >= 0.3 is 5.97 Å². The van der Waals surface area contributed by atoms with Crippen LogP contribution in [0, 0.1) is 28.1 Å². The number of benzene rings is 4. The Kier molecular flexibility index (Phi) is 35.1. The normalized spacial score (nSPS) is 14.2. The summed E-state index contributed by atoms with van der Waals surface area (Å²) in [6.45, 7) is 7.64. The molecule has 111 heavy (non-hydrogen) atoms. The third-order valence-electron chi connectivity index (χ3n) is 18.0. The number of fused-ring (bicyclic) bond motifs is 2. The minimum absolute atomic E-state index is 0.0177. The molecule has 0 aliphatic heterocycles. The van der Waals surface area contributed by atoms with Gasteiger partial charge in [0.2, 0.25) is 59.1 Å². The first kappa shape index (κ1) is 87.8. The number of carbonyl (C=O) groups is 11. The predicted molar refractivity (Wildman–Crippen MR) is 418 cm³/mol. The Bertz CT molecular complexity index is 4150. The molecular weight excluding hydrogens is 1430 g/mol. The van der Waals surface area contributed by atoms with Crippen LogP contribution in [0.4, 0.5) is 0 Å². The number of para-hydroxylation sites is 2. The summed E-state index contributed by atoms with van der Waals surface area (Å²) in [7, 11) is 0. The number of nitrogens with two attached hydrogens (primary N) is 4. The molecule has 0 aliphatic rings. The van der Waals surface area contributed by atoms with Crippen LogP contribution in [0.25, 0.3) is 21.8 Å². The number of hydrogen-bond donors (Lipinski definition) is 24. The Balaban J connectivity index is 1.23. The summed E-state index contributed by atoms with van der Waals surface area (Å²) in [5, 5.41) is 80.2. The molecule has 0 fully saturated rings. The maximum absolute atomic E-state index is 14.9. The molecule has 0 saturated heterocycles. The van der Waals surface area contributed by atoms with Crippen LogP contribution in [0.5, 0.6) is 0 Å². The van der Waals surface area contributed by atoms with Crippen molar-refractivity contribution in [2.75, 3.05) is 26.2 Å². The van der Waals surface area contributed by atoms with Crippen molar-refractivity contribution in [1.82, 2.24) is 79.1 Å². The molecule has 0 spiro atoms. The van der Waals surface area contributed by atoms with Gasteiger partial charge in [-0.3, -0.25) is 64.2 Å². The van der Waals surface area contributed by atoms with Crippen LogP contribution >= 0.6 is 0 Å². The fraction of sp³-hybridized carbons (Fsp3) is 0.447. The SMILES string of the molecule is CC(C)C[C@H](NC(=O)[C@H](CCCNC(=N)N)NC(=O)[C@H](Cc1ccccc1)NC(=O)[C@H](Cc1c[nH]c2ccccc12)NC(=O)[C@H](C)N)C(=O)N[C@@H](CO)C(=O)N[C@@H](CC(C)C)C(=O)N[C@@H](CCCNC(=N)N)C(=O)N[C@@H](Cc1ccccc1)C(=O)N[C@@H](Cc1c[nH]c2ccccc12)C(=O)N[C@@H](CCCNC(=N)N)C(=O)O. The summed E-state index contributed by atoms with van der Waals surface area (Å²) in [6.07, 6.45) is 2.81. The maximum Gasteiger partial charge on any atom is 0.326 e. The molecule has 35 nitrogen and oxygen atoms in total. The maximum atomic E-state index is 14.9. The number of amides is 10. The second kappa shape index (κ2) is 44.4. The Hall–Kier alpha value is -12.1. The molecule has 28 N–H and O–H groups in total. The van der Waals surface area contributed by atoms with Crippen molar-refractivity contribution in [2.24, 2.45) is 34.8 Å². The second-order valence-corrected chi connectivity index (χ2v) is 28.1. The minimum atomic E-state index is -1.78. The zero-order valence-electron chi connectivity index (χ0n) is 63.1. The van der Waals surface area contributed by atoms with Gasteiger partial charge in [-0.2, -0.15) is 0 Å². The number of carbonyl (C=O) groups excluding carboxylic acids is 10. The zero-order valence-corrected chi connectivity index (χ0v) is 63.1. The van der Waals surface area contributed by atoms with E-state index in [9.17, 15) is 63.0 Å². The molecule has 10 amide bonds. The quantitative estimate of drug-likeness (QED) is 0.0125. The molecule has 0 aliphatic carbocycles. The first-order valence-corrected chi connectivity index (χ1v) is 36.9. The molecule has 0 saturated carbocycles. The number of carboxylic acids is 1. The second-order valence-electron chi connectivity index (χ2n) is 28.1. The lowest BCUT2D eigenvalue weighted by molar-refractivity contribution is -0.142. The summed E-state index contributed by atoms with van der Waals surface area (Å²) in [5.74, 6) is -11.8. The molecule has 0 unspecified atom stereocenters. The van der Waals surface area contributed by atoms with Crippen molar-refractivity contribution in [3.05, 3.63) is 144 Å². The average molecular weight is 1540 g/mol. The van der Waals surface area contributed by atoms with Crippen LogP contribution in [0.2, 0.25) is 0 Å². The number of H-pyrrole nitrogens is 2. The molecular formula is C76H108N22O13. The topological polar surface area (TPSA) is 592 Å². The number of rotatable bonds is 46. The Labute approximate surface area is 643 Å². The van der Waals surface area contributed by atoms with Crippen LogP contribution in [0.3, 0.4) is 0 Å². The number of carboxylic acid groups (broad SMARTS) is 1. The van der Waals surface area contributed by atoms with Gasteiger partial charge in [-0.25, -0.2) is 4.79 Å². The number of aliphatic carboxylic acids is 1. The Morgan fingerprint density at radius 2 is 0.649 bits per heavy atom. The van der Waals surface area contributed by atoms with E-state index in [1.165, 1.54) is 6.92 Å². The number of aromatic amines is 2. The van der Waals surface area contributed by atoms with Gasteiger partial charge in [-0.15, -0.1) is 0 Å². The fourth-order valence-electron chi connectivity index (χ4n) is 12.3. The van der Waals surface area contributed by atoms with Gasteiger partial charge in [0, 0.05) is 79.5 Å². The monoisotopic (exact) mass is 1540 g/mol. The number of nitrogens with one attached hydrogen (secondary N) is 18. The third kappa shape index (κ3) is 29.4. The van der Waals surface area contributed by atoms with E-state index in [4.69, 9.17) is 39.2 Å². The fourth-order valence-corrected chi connectivity index (χ4v) is 12.3. The van der Waals surface area contributed by atoms with Crippen molar-refractivity contribution in [3.63, 3.8) is 0 Å². The standard InChI is InChI=1S/C76H108N22O13/c1-42(2)33-56(66(103)89-54(28-17-31-85-75(80)81)65(102)95-59(36-46-21-10-7-11-22-46)69(106)97-61(38-48-40-88-52-26-15-13-24-50(48)52)70(107)91-55(73(110)111)29-18-32-86-76(82)83)94-72(109)62(41-99)98-67(104)57(34-43(3)4)93-64(101)53(27-16-30-84-74(78)79)90-68(105)58(35-45-19-8-6-9-20-45)96-71(108)60(92-63(100)44(5)77)37-47-39-87-51-25-14-12-23-49(47)51/h6-15,19-26,39-40,42-44,53-62,87-88,99H,16-18,27-38,41,77H2,1-5H3,(H,89,103)(H,90,105)(H,91,107)(H,92,100)(H,93,101)(H,94,109)(H,95,102)(H,96,108)(H,97,106)(H,98,104)(H,110,111)(H4,78,79,84)(H4,80,81,85)(H4,82,83,86)/t44-,53-,54-,55-,56-,57-,58-,59-,60-,61-,62-/m0/s1. The van der Waals surface area contributed by atoms with E-state index in [1.54, 1.807) is 125 Å². The number of hydrogen-bond acceptors (Lipinski definition) is 16. The van der Waals surface area contributed by atoms with E-state index in [-0.39, 0.29) is 126 Å². The predicted octanol–water partition coefficient (Wildman–Crippen LogP) is -0.926. The van der Waals surface area contributed by atoms with Gasteiger partial charge in [0.15, 0.2) is 17.9 Å². The third-order valence-corrected chi connectivity index (χ3v) is 18.0. The van der Waals surface area contributed by atoms with E-state index >= 15 is 0 Å². The summed E-state index contributed by atoms with van der Waals surface area (Å²) >= 11 is 0. The lowest BCUT2D eigenvalue weighted by Crippen LogP contribution is -2.61. The number of guanidine groups is 3. The van der Waals surface area contributed by atoms with Crippen molar-refractivity contribution >= 4 is 105 Å². The Morgan fingerprint density at radius 1 is 0.369 bits per heavy atom. The van der Waals surface area contributed by atoms with Crippen molar-refractivity contribution in [1.29, 1.82) is 16.2 Å². The van der Waals surface area contributed by atoms with E-state index in [2.05, 4.69) is 79.1 Å². The summed E-state index contributed by atoms with van der Waals surface area (Å²) in [6, 6.07) is 16.1.